The summed E-state index contributed by atoms with van der Waals surface area (Å²) in [7, 11) is 1.64. The van der Waals surface area contributed by atoms with Crippen LogP contribution in [0, 0.1) is 0 Å². The molecule has 1 saturated heterocycles. The second kappa shape index (κ2) is 11.9. The van der Waals surface area contributed by atoms with E-state index >= 15 is 0 Å². The molecular formula is C31H31N3O3S. The molecule has 6 nitrogen and oxygen atoms in total. The molecule has 1 aliphatic rings. The molecule has 5 rings (SSSR count). The number of nitrogens with one attached hydrogen (secondary N) is 1. The lowest BCUT2D eigenvalue weighted by molar-refractivity contribution is 0.102. The third kappa shape index (κ3) is 6.18. The molecule has 0 aliphatic carbocycles. The van der Waals surface area contributed by atoms with Crippen LogP contribution in [0.4, 0.5) is 11.4 Å². The Balaban J connectivity index is 1.11. The van der Waals surface area contributed by atoms with E-state index in [0.29, 0.717) is 17.9 Å². The molecular weight excluding hydrogens is 494 g/mol. The summed E-state index contributed by atoms with van der Waals surface area (Å²) < 4.78 is 11.1. The largest absolute Gasteiger partial charge is 0.497 e. The number of nitrogens with zero attached hydrogens (tertiary/aromatic N) is 2. The number of rotatable bonds is 9. The lowest BCUT2D eigenvalue weighted by atomic mass is 10.2. The highest BCUT2D eigenvalue weighted by Gasteiger charge is 2.19. The number of hydrogen-bond acceptors (Lipinski definition) is 6. The van der Waals surface area contributed by atoms with Crippen LogP contribution in [-0.4, -0.2) is 44.1 Å². The first-order valence-corrected chi connectivity index (χ1v) is 13.5. The number of anilines is 2. The van der Waals surface area contributed by atoms with Crippen LogP contribution >= 0.6 is 11.3 Å². The third-order valence-corrected chi connectivity index (χ3v) is 7.53. The smallest absolute Gasteiger partial charge is 0.255 e. The summed E-state index contributed by atoms with van der Waals surface area (Å²) in [5, 5.41) is 5.07. The Labute approximate surface area is 227 Å². The van der Waals surface area contributed by atoms with Gasteiger partial charge in [-0.15, -0.1) is 11.3 Å². The standard InChI is InChI=1S/C31H31N3O3S/c1-23(30-7-4-20-38-30)33-16-18-34(19-17-33)27-12-10-26(11-13-27)32-31(35)25-8-14-28(15-9-25)37-22-24-5-3-6-29(21-24)36-2/h3-15,20-21H,1,16-19,22H2,2H3,(H,32,35). The first kappa shape index (κ1) is 25.4. The number of methoxy groups -OCH3 is 1. The van der Waals surface area contributed by atoms with Gasteiger partial charge in [0.1, 0.15) is 18.1 Å². The molecule has 0 unspecified atom stereocenters. The molecule has 194 valence electrons. The second-order valence-electron chi connectivity index (χ2n) is 9.06. The van der Waals surface area contributed by atoms with E-state index in [2.05, 4.69) is 51.3 Å². The van der Waals surface area contributed by atoms with Gasteiger partial charge in [-0.05, 0) is 77.7 Å². The molecule has 1 amide bonds. The van der Waals surface area contributed by atoms with E-state index in [4.69, 9.17) is 9.47 Å². The zero-order chi connectivity index (χ0) is 26.3. The fourth-order valence-corrected chi connectivity index (χ4v) is 5.15. The molecule has 7 heteroatoms. The lowest BCUT2D eigenvalue weighted by Crippen LogP contribution is -2.45. The van der Waals surface area contributed by atoms with Gasteiger partial charge in [-0.1, -0.05) is 24.8 Å². The van der Waals surface area contributed by atoms with Crippen LogP contribution in [0.25, 0.3) is 5.70 Å². The highest BCUT2D eigenvalue weighted by Crippen LogP contribution is 2.26. The minimum Gasteiger partial charge on any atom is -0.497 e. The monoisotopic (exact) mass is 525 g/mol. The van der Waals surface area contributed by atoms with E-state index in [9.17, 15) is 4.79 Å². The maximum Gasteiger partial charge on any atom is 0.255 e. The molecule has 38 heavy (non-hydrogen) atoms. The van der Waals surface area contributed by atoms with Gasteiger partial charge < -0.3 is 24.6 Å². The number of piperazine rings is 1. The predicted molar refractivity (Wildman–Crippen MR) is 155 cm³/mol. The van der Waals surface area contributed by atoms with Gasteiger partial charge in [-0.3, -0.25) is 4.79 Å². The first-order chi connectivity index (χ1) is 18.6. The van der Waals surface area contributed by atoms with Crippen molar-refractivity contribution < 1.29 is 14.3 Å². The van der Waals surface area contributed by atoms with Gasteiger partial charge in [0.05, 0.1) is 7.11 Å². The Kier molecular flexibility index (Phi) is 7.95. The minimum atomic E-state index is -0.155. The van der Waals surface area contributed by atoms with Gasteiger partial charge in [0.15, 0.2) is 0 Å². The van der Waals surface area contributed by atoms with Crippen molar-refractivity contribution in [2.24, 2.45) is 0 Å². The van der Waals surface area contributed by atoms with Gasteiger partial charge in [0, 0.05) is 53.7 Å². The first-order valence-electron chi connectivity index (χ1n) is 12.6. The Morgan fingerprint density at radius 1 is 0.921 bits per heavy atom. The summed E-state index contributed by atoms with van der Waals surface area (Å²) in [4.78, 5) is 18.7. The molecule has 0 bridgehead atoms. The van der Waals surface area contributed by atoms with Crippen molar-refractivity contribution in [3.05, 3.63) is 113 Å². The molecule has 1 fully saturated rings. The normalized spacial score (nSPS) is 13.2. The Hall–Kier alpha value is -4.23. The van der Waals surface area contributed by atoms with Crippen molar-refractivity contribution in [2.75, 3.05) is 43.5 Å². The van der Waals surface area contributed by atoms with Crippen molar-refractivity contribution in [2.45, 2.75) is 6.61 Å². The van der Waals surface area contributed by atoms with Crippen LogP contribution < -0.4 is 19.7 Å². The number of amides is 1. The molecule has 4 aromatic rings. The van der Waals surface area contributed by atoms with Crippen LogP contribution in [0.1, 0.15) is 20.8 Å². The molecule has 2 heterocycles. The summed E-state index contributed by atoms with van der Waals surface area (Å²) >= 11 is 1.73. The highest BCUT2D eigenvalue weighted by atomic mass is 32.1. The van der Waals surface area contributed by atoms with Crippen molar-refractivity contribution in [3.8, 4) is 11.5 Å². The molecule has 1 aliphatic heterocycles. The van der Waals surface area contributed by atoms with E-state index in [1.807, 2.05) is 48.5 Å². The average Bonchev–Trinajstić information content (AvgIpc) is 3.52. The van der Waals surface area contributed by atoms with E-state index in [1.165, 1.54) is 4.88 Å². The maximum absolute atomic E-state index is 12.8. The number of hydrogen-bond donors (Lipinski definition) is 1. The van der Waals surface area contributed by atoms with Gasteiger partial charge in [0.25, 0.3) is 5.91 Å². The number of carbonyl (C=O) groups is 1. The summed E-state index contributed by atoms with van der Waals surface area (Å²) in [6.07, 6.45) is 0. The second-order valence-corrected chi connectivity index (χ2v) is 10.0. The van der Waals surface area contributed by atoms with Crippen molar-refractivity contribution in [1.29, 1.82) is 0 Å². The Morgan fingerprint density at radius 2 is 1.68 bits per heavy atom. The van der Waals surface area contributed by atoms with Crippen molar-refractivity contribution in [1.82, 2.24) is 4.90 Å². The predicted octanol–water partition coefficient (Wildman–Crippen LogP) is 6.38. The molecule has 0 spiro atoms. The van der Waals surface area contributed by atoms with Crippen molar-refractivity contribution >= 4 is 34.3 Å². The summed E-state index contributed by atoms with van der Waals surface area (Å²) in [6.45, 7) is 8.45. The van der Waals surface area contributed by atoms with Crippen LogP contribution in [0.15, 0.2) is 96.9 Å². The topological polar surface area (TPSA) is 54.0 Å². The quantitative estimate of drug-likeness (QED) is 0.275. The molecule has 0 saturated carbocycles. The molecule has 1 aromatic heterocycles. The number of ether oxygens (including phenoxy) is 2. The van der Waals surface area contributed by atoms with E-state index < -0.39 is 0 Å². The SMILES string of the molecule is C=C(c1cccs1)N1CCN(c2ccc(NC(=O)c3ccc(OCc4cccc(OC)c4)cc3)cc2)CC1. The highest BCUT2D eigenvalue weighted by molar-refractivity contribution is 7.11. The lowest BCUT2D eigenvalue weighted by Gasteiger charge is -2.38. The van der Waals surface area contributed by atoms with Gasteiger partial charge in [-0.2, -0.15) is 0 Å². The summed E-state index contributed by atoms with van der Waals surface area (Å²) in [5.74, 6) is 1.34. The Bertz CT molecular complexity index is 1360. The van der Waals surface area contributed by atoms with Crippen LogP contribution in [0.3, 0.4) is 0 Å². The minimum absolute atomic E-state index is 0.155. The third-order valence-electron chi connectivity index (χ3n) is 6.61. The average molecular weight is 526 g/mol. The van der Waals surface area contributed by atoms with E-state index in [0.717, 1.165) is 54.6 Å². The van der Waals surface area contributed by atoms with Gasteiger partial charge in [-0.25, -0.2) is 0 Å². The zero-order valence-corrected chi connectivity index (χ0v) is 22.2. The van der Waals surface area contributed by atoms with E-state index in [-0.39, 0.29) is 5.91 Å². The molecule has 0 radical (unpaired) electrons. The van der Waals surface area contributed by atoms with E-state index in [1.54, 1.807) is 30.6 Å². The van der Waals surface area contributed by atoms with Gasteiger partial charge in [0.2, 0.25) is 0 Å². The van der Waals surface area contributed by atoms with Crippen LogP contribution in [0.2, 0.25) is 0 Å². The molecule has 0 atom stereocenters. The fraction of sp³-hybridized carbons (Fsp3) is 0.194. The molecule has 3 aromatic carbocycles. The summed E-state index contributed by atoms with van der Waals surface area (Å²) in [5.41, 5.74) is 4.61. The van der Waals surface area contributed by atoms with Crippen LogP contribution in [0.5, 0.6) is 11.5 Å². The molecule has 1 N–H and O–H groups in total. The number of carbonyl (C=O) groups excluding carboxylic acids is 1. The number of benzene rings is 3. The zero-order valence-electron chi connectivity index (χ0n) is 21.4. The fourth-order valence-electron chi connectivity index (χ4n) is 4.42. The van der Waals surface area contributed by atoms with Crippen LogP contribution in [-0.2, 0) is 6.61 Å². The number of thiophene rings is 1. The Morgan fingerprint density at radius 3 is 2.37 bits per heavy atom. The summed E-state index contributed by atoms with van der Waals surface area (Å²) in [6, 6.07) is 27.1. The van der Waals surface area contributed by atoms with Gasteiger partial charge >= 0.3 is 0 Å². The van der Waals surface area contributed by atoms with Crippen molar-refractivity contribution in [3.63, 3.8) is 0 Å². The maximum atomic E-state index is 12.8.